The zero-order valence-corrected chi connectivity index (χ0v) is 16.8. The van der Waals surface area contributed by atoms with E-state index in [1.165, 1.54) is 22.1 Å². The van der Waals surface area contributed by atoms with Crippen molar-refractivity contribution in [3.05, 3.63) is 64.4 Å². The van der Waals surface area contributed by atoms with Crippen molar-refractivity contribution >= 4 is 33.1 Å². The van der Waals surface area contributed by atoms with Crippen LogP contribution in [0.3, 0.4) is 0 Å². The van der Waals surface area contributed by atoms with E-state index < -0.39 is 5.82 Å². The fourth-order valence-corrected chi connectivity index (χ4v) is 4.60. The molecule has 4 aromatic rings. The number of carbonyl (C=O) groups excluding carboxylic acids is 1. The number of anilines is 1. The number of aromatic nitrogens is 4. The summed E-state index contributed by atoms with van der Waals surface area (Å²) in [5.74, 6) is 0.591. The van der Waals surface area contributed by atoms with Crippen LogP contribution in [0.4, 0.5) is 10.1 Å². The van der Waals surface area contributed by atoms with Crippen LogP contribution < -0.4 is 5.32 Å². The SMILES string of the molecule is Cc1nc(C2CC2)nc2sc(C(=O)Nc3ccc(-n4cccn4)c(F)c3)c(C)c12. The topological polar surface area (TPSA) is 72.7 Å². The molecule has 29 heavy (non-hydrogen) atoms. The molecule has 3 aromatic heterocycles. The minimum atomic E-state index is -0.463. The van der Waals surface area contributed by atoms with Crippen LogP contribution in [0.5, 0.6) is 0 Å². The zero-order chi connectivity index (χ0) is 20.1. The lowest BCUT2D eigenvalue weighted by Gasteiger charge is -2.08. The first-order chi connectivity index (χ1) is 14.0. The maximum atomic E-state index is 14.5. The molecule has 1 aliphatic carbocycles. The van der Waals surface area contributed by atoms with Crippen LogP contribution in [0.2, 0.25) is 0 Å². The highest BCUT2D eigenvalue weighted by atomic mass is 32.1. The van der Waals surface area contributed by atoms with Crippen LogP contribution in [-0.2, 0) is 0 Å². The molecule has 3 heterocycles. The highest BCUT2D eigenvalue weighted by Crippen LogP contribution is 2.40. The number of hydrogen-bond acceptors (Lipinski definition) is 5. The Balaban J connectivity index is 1.45. The van der Waals surface area contributed by atoms with E-state index in [0.29, 0.717) is 22.2 Å². The average molecular weight is 407 g/mol. The summed E-state index contributed by atoms with van der Waals surface area (Å²) in [6, 6.07) is 6.27. The summed E-state index contributed by atoms with van der Waals surface area (Å²) in [6.07, 6.45) is 5.50. The van der Waals surface area contributed by atoms with Crippen molar-refractivity contribution in [1.82, 2.24) is 19.7 Å². The van der Waals surface area contributed by atoms with E-state index >= 15 is 0 Å². The Morgan fingerprint density at radius 2 is 2.10 bits per heavy atom. The fourth-order valence-electron chi connectivity index (χ4n) is 3.47. The number of halogens is 1. The van der Waals surface area contributed by atoms with Gasteiger partial charge in [-0.15, -0.1) is 11.3 Å². The summed E-state index contributed by atoms with van der Waals surface area (Å²) in [5.41, 5.74) is 2.47. The number of amides is 1. The molecule has 1 amide bonds. The van der Waals surface area contributed by atoms with Crippen molar-refractivity contribution in [2.75, 3.05) is 5.32 Å². The molecule has 1 saturated carbocycles. The molecule has 0 saturated heterocycles. The number of benzene rings is 1. The minimum Gasteiger partial charge on any atom is -0.321 e. The number of carbonyl (C=O) groups is 1. The van der Waals surface area contributed by atoms with Crippen LogP contribution in [0.15, 0.2) is 36.7 Å². The first-order valence-electron chi connectivity index (χ1n) is 9.40. The van der Waals surface area contributed by atoms with Gasteiger partial charge in [0, 0.05) is 29.4 Å². The predicted octanol–water partition coefficient (Wildman–Crippen LogP) is 4.76. The summed E-state index contributed by atoms with van der Waals surface area (Å²) in [7, 11) is 0. The maximum Gasteiger partial charge on any atom is 0.266 e. The van der Waals surface area contributed by atoms with E-state index in [9.17, 15) is 9.18 Å². The van der Waals surface area contributed by atoms with Gasteiger partial charge >= 0.3 is 0 Å². The smallest absolute Gasteiger partial charge is 0.266 e. The summed E-state index contributed by atoms with van der Waals surface area (Å²) < 4.78 is 15.9. The van der Waals surface area contributed by atoms with Gasteiger partial charge in [-0.3, -0.25) is 4.79 Å². The molecular formula is C21H18FN5OS. The number of rotatable bonds is 4. The summed E-state index contributed by atoms with van der Waals surface area (Å²) in [6.45, 7) is 3.86. The normalized spacial score (nSPS) is 13.8. The number of nitrogens with zero attached hydrogens (tertiary/aromatic N) is 4. The molecule has 0 atom stereocenters. The van der Waals surface area contributed by atoms with Crippen LogP contribution >= 0.6 is 11.3 Å². The average Bonchev–Trinajstić information content (AvgIpc) is 3.29. The maximum absolute atomic E-state index is 14.5. The molecule has 8 heteroatoms. The molecule has 0 spiro atoms. The second-order valence-electron chi connectivity index (χ2n) is 7.25. The predicted molar refractivity (Wildman–Crippen MR) is 110 cm³/mol. The second kappa shape index (κ2) is 6.73. The highest BCUT2D eigenvalue weighted by Gasteiger charge is 2.28. The third kappa shape index (κ3) is 3.19. The molecule has 6 nitrogen and oxygen atoms in total. The third-order valence-electron chi connectivity index (χ3n) is 5.09. The molecular weight excluding hydrogens is 389 g/mol. The van der Waals surface area contributed by atoms with Gasteiger partial charge in [0.05, 0.1) is 10.6 Å². The fraction of sp³-hybridized carbons (Fsp3) is 0.238. The molecule has 0 aliphatic heterocycles. The van der Waals surface area contributed by atoms with E-state index in [2.05, 4.69) is 20.4 Å². The molecule has 0 unspecified atom stereocenters. The molecule has 0 radical (unpaired) electrons. The van der Waals surface area contributed by atoms with Crippen LogP contribution in [-0.4, -0.2) is 25.7 Å². The lowest BCUT2D eigenvalue weighted by molar-refractivity contribution is 0.103. The van der Waals surface area contributed by atoms with Gasteiger partial charge in [-0.05, 0) is 56.5 Å². The molecule has 1 aliphatic rings. The van der Waals surface area contributed by atoms with Crippen molar-refractivity contribution in [1.29, 1.82) is 0 Å². The van der Waals surface area contributed by atoms with Crippen LogP contribution in [0.1, 0.15) is 45.5 Å². The lowest BCUT2D eigenvalue weighted by Crippen LogP contribution is -2.12. The van der Waals surface area contributed by atoms with E-state index in [1.807, 2.05) is 13.8 Å². The molecule has 146 valence electrons. The molecule has 5 rings (SSSR count). The lowest BCUT2D eigenvalue weighted by atomic mass is 10.1. The molecule has 0 bridgehead atoms. The van der Waals surface area contributed by atoms with Crippen molar-refractivity contribution in [3.8, 4) is 5.69 Å². The first-order valence-corrected chi connectivity index (χ1v) is 10.2. The van der Waals surface area contributed by atoms with Gasteiger partial charge in [-0.1, -0.05) is 0 Å². The van der Waals surface area contributed by atoms with Gasteiger partial charge in [-0.2, -0.15) is 5.10 Å². The van der Waals surface area contributed by atoms with E-state index in [4.69, 9.17) is 0 Å². The Labute approximate surface area is 170 Å². The number of fused-ring (bicyclic) bond motifs is 1. The Hall–Kier alpha value is -3.13. The summed E-state index contributed by atoms with van der Waals surface area (Å²) >= 11 is 1.36. The number of aryl methyl sites for hydroxylation is 2. The van der Waals surface area contributed by atoms with Gasteiger partial charge in [-0.25, -0.2) is 19.0 Å². The molecule has 1 N–H and O–H groups in total. The van der Waals surface area contributed by atoms with Gasteiger partial charge in [0.15, 0.2) is 5.82 Å². The Morgan fingerprint density at radius 3 is 2.79 bits per heavy atom. The Morgan fingerprint density at radius 1 is 1.28 bits per heavy atom. The Kier molecular flexibility index (Phi) is 4.16. The van der Waals surface area contributed by atoms with Crippen LogP contribution in [0.25, 0.3) is 15.9 Å². The van der Waals surface area contributed by atoms with Crippen molar-refractivity contribution in [3.63, 3.8) is 0 Å². The van der Waals surface area contributed by atoms with E-state index in [0.717, 1.165) is 40.1 Å². The molecule has 1 fully saturated rings. The number of hydrogen-bond donors (Lipinski definition) is 1. The van der Waals surface area contributed by atoms with Crippen LogP contribution in [0, 0.1) is 19.7 Å². The quantitative estimate of drug-likeness (QED) is 0.529. The third-order valence-corrected chi connectivity index (χ3v) is 6.28. The first kappa shape index (κ1) is 17.9. The largest absolute Gasteiger partial charge is 0.321 e. The zero-order valence-electron chi connectivity index (χ0n) is 15.9. The molecule has 1 aromatic carbocycles. The van der Waals surface area contributed by atoms with Gasteiger partial charge in [0.1, 0.15) is 16.3 Å². The van der Waals surface area contributed by atoms with Gasteiger partial charge in [0.2, 0.25) is 0 Å². The standard InChI is InChI=1S/C21H18FN5OS/c1-11-17-12(2)24-19(13-4-5-13)26-21(17)29-18(11)20(28)25-14-6-7-16(15(22)10-14)27-9-3-8-23-27/h3,6-10,13H,4-5H2,1-2H3,(H,25,28). The minimum absolute atomic E-state index is 0.274. The monoisotopic (exact) mass is 407 g/mol. The highest BCUT2D eigenvalue weighted by molar-refractivity contribution is 7.20. The van der Waals surface area contributed by atoms with Crippen molar-refractivity contribution < 1.29 is 9.18 Å². The second-order valence-corrected chi connectivity index (χ2v) is 8.25. The van der Waals surface area contributed by atoms with Gasteiger partial charge < -0.3 is 5.32 Å². The Bertz CT molecular complexity index is 1240. The van der Waals surface area contributed by atoms with E-state index in [-0.39, 0.29) is 5.91 Å². The number of nitrogens with one attached hydrogen (secondary N) is 1. The summed E-state index contributed by atoms with van der Waals surface area (Å²) in [5, 5.41) is 7.76. The number of thiophene rings is 1. The van der Waals surface area contributed by atoms with Crippen molar-refractivity contribution in [2.24, 2.45) is 0 Å². The van der Waals surface area contributed by atoms with Crippen molar-refractivity contribution in [2.45, 2.75) is 32.6 Å². The van der Waals surface area contributed by atoms with E-state index in [1.54, 1.807) is 30.6 Å². The van der Waals surface area contributed by atoms with Gasteiger partial charge in [0.25, 0.3) is 5.91 Å². The summed E-state index contributed by atoms with van der Waals surface area (Å²) in [4.78, 5) is 23.6.